The molecule has 0 radical (unpaired) electrons. The second-order valence-electron chi connectivity index (χ2n) is 3.59. The topological polar surface area (TPSA) is 42.7 Å². The fourth-order valence-electron chi connectivity index (χ4n) is 1.19. The van der Waals surface area contributed by atoms with Gasteiger partial charge >= 0.3 is 0 Å². The van der Waals surface area contributed by atoms with E-state index in [9.17, 15) is 0 Å². The molecule has 0 spiro atoms. The van der Waals surface area contributed by atoms with Crippen molar-refractivity contribution in [2.24, 2.45) is 0 Å². The zero-order chi connectivity index (χ0) is 8.55. The van der Waals surface area contributed by atoms with E-state index in [1.165, 1.54) is 0 Å². The SMILES string of the molecule is CC(C)c1cn(C2CNC2)nn1. The highest BCUT2D eigenvalue weighted by molar-refractivity contribution is 5.00. The third-order valence-corrected chi connectivity index (χ3v) is 2.25. The quantitative estimate of drug-likeness (QED) is 0.697. The van der Waals surface area contributed by atoms with Gasteiger partial charge in [0, 0.05) is 19.3 Å². The van der Waals surface area contributed by atoms with Crippen molar-refractivity contribution in [1.82, 2.24) is 20.3 Å². The molecule has 0 saturated carbocycles. The average molecular weight is 166 g/mol. The van der Waals surface area contributed by atoms with Crippen molar-refractivity contribution in [1.29, 1.82) is 0 Å². The Morgan fingerprint density at radius 3 is 2.75 bits per heavy atom. The molecule has 4 heteroatoms. The van der Waals surface area contributed by atoms with Crippen LogP contribution in [-0.2, 0) is 0 Å². The van der Waals surface area contributed by atoms with Crippen LogP contribution in [-0.4, -0.2) is 28.1 Å². The van der Waals surface area contributed by atoms with E-state index in [-0.39, 0.29) is 0 Å². The number of nitrogens with one attached hydrogen (secondary N) is 1. The fraction of sp³-hybridized carbons (Fsp3) is 0.750. The van der Waals surface area contributed by atoms with E-state index in [2.05, 4.69) is 35.7 Å². The van der Waals surface area contributed by atoms with Crippen molar-refractivity contribution in [2.75, 3.05) is 13.1 Å². The van der Waals surface area contributed by atoms with E-state index < -0.39 is 0 Å². The summed E-state index contributed by atoms with van der Waals surface area (Å²) in [6, 6.07) is 0.532. The van der Waals surface area contributed by atoms with E-state index in [1.54, 1.807) is 0 Å². The van der Waals surface area contributed by atoms with Crippen LogP contribution in [0.15, 0.2) is 6.20 Å². The van der Waals surface area contributed by atoms with Gasteiger partial charge in [0.2, 0.25) is 0 Å². The maximum atomic E-state index is 4.10. The van der Waals surface area contributed by atoms with Gasteiger partial charge in [-0.25, -0.2) is 4.68 Å². The molecule has 1 aliphatic heterocycles. The molecule has 12 heavy (non-hydrogen) atoms. The molecule has 0 aromatic carbocycles. The van der Waals surface area contributed by atoms with Gasteiger partial charge < -0.3 is 5.32 Å². The van der Waals surface area contributed by atoms with E-state index in [0.717, 1.165) is 18.8 Å². The van der Waals surface area contributed by atoms with Crippen LogP contribution in [0.4, 0.5) is 0 Å². The van der Waals surface area contributed by atoms with Crippen LogP contribution in [0.25, 0.3) is 0 Å². The van der Waals surface area contributed by atoms with Gasteiger partial charge in [-0.05, 0) is 5.92 Å². The Labute approximate surface area is 72.0 Å². The van der Waals surface area contributed by atoms with Gasteiger partial charge in [0.05, 0.1) is 11.7 Å². The van der Waals surface area contributed by atoms with Crippen molar-refractivity contribution in [3.8, 4) is 0 Å². The third-order valence-electron chi connectivity index (χ3n) is 2.25. The Bertz CT molecular complexity index is 262. The minimum Gasteiger partial charge on any atom is -0.312 e. The second kappa shape index (κ2) is 2.86. The highest BCUT2D eigenvalue weighted by Gasteiger charge is 2.20. The minimum absolute atomic E-state index is 0.479. The molecule has 1 aliphatic rings. The van der Waals surface area contributed by atoms with Crippen LogP contribution in [0.1, 0.15) is 31.5 Å². The van der Waals surface area contributed by atoms with Gasteiger partial charge in [-0.3, -0.25) is 0 Å². The second-order valence-corrected chi connectivity index (χ2v) is 3.59. The average Bonchev–Trinajstić information content (AvgIpc) is 2.32. The summed E-state index contributed by atoms with van der Waals surface area (Å²) in [5.74, 6) is 0.479. The molecule has 0 atom stereocenters. The summed E-state index contributed by atoms with van der Waals surface area (Å²) in [4.78, 5) is 0. The molecule has 1 aromatic rings. The molecule has 2 heterocycles. The van der Waals surface area contributed by atoms with E-state index in [1.807, 2.05) is 4.68 Å². The lowest BCUT2D eigenvalue weighted by Crippen LogP contribution is -2.43. The summed E-state index contributed by atoms with van der Waals surface area (Å²) in [5.41, 5.74) is 1.09. The monoisotopic (exact) mass is 166 g/mol. The molecular weight excluding hydrogens is 152 g/mol. The first-order valence-electron chi connectivity index (χ1n) is 4.40. The summed E-state index contributed by atoms with van der Waals surface area (Å²) < 4.78 is 1.96. The summed E-state index contributed by atoms with van der Waals surface area (Å²) in [6.07, 6.45) is 2.05. The molecule has 4 nitrogen and oxygen atoms in total. The van der Waals surface area contributed by atoms with Crippen LogP contribution in [0.2, 0.25) is 0 Å². The molecule has 0 unspecified atom stereocenters. The molecule has 66 valence electrons. The molecule has 1 N–H and O–H groups in total. The normalized spacial score (nSPS) is 18.2. The minimum atomic E-state index is 0.479. The van der Waals surface area contributed by atoms with Gasteiger partial charge in [0.25, 0.3) is 0 Å². The van der Waals surface area contributed by atoms with Crippen LogP contribution >= 0.6 is 0 Å². The summed E-state index contributed by atoms with van der Waals surface area (Å²) in [6.45, 7) is 6.32. The number of nitrogens with zero attached hydrogens (tertiary/aromatic N) is 3. The predicted octanol–water partition coefficient (Wildman–Crippen LogP) is 0.546. The van der Waals surface area contributed by atoms with Gasteiger partial charge in [-0.2, -0.15) is 0 Å². The number of rotatable bonds is 2. The lowest BCUT2D eigenvalue weighted by atomic mass is 10.1. The summed E-state index contributed by atoms with van der Waals surface area (Å²) in [7, 11) is 0. The smallest absolute Gasteiger partial charge is 0.0852 e. The Balaban J connectivity index is 2.12. The molecule has 0 aliphatic carbocycles. The largest absolute Gasteiger partial charge is 0.312 e. The highest BCUT2D eigenvalue weighted by Crippen LogP contribution is 2.14. The van der Waals surface area contributed by atoms with E-state index in [0.29, 0.717) is 12.0 Å². The maximum Gasteiger partial charge on any atom is 0.0852 e. The fourth-order valence-corrected chi connectivity index (χ4v) is 1.19. The first-order valence-corrected chi connectivity index (χ1v) is 4.40. The van der Waals surface area contributed by atoms with Crippen molar-refractivity contribution in [2.45, 2.75) is 25.8 Å². The zero-order valence-electron chi connectivity index (χ0n) is 7.49. The number of hydrogen-bond acceptors (Lipinski definition) is 3. The zero-order valence-corrected chi connectivity index (χ0v) is 7.49. The highest BCUT2D eigenvalue weighted by atomic mass is 15.4. The molecule has 1 fully saturated rings. The van der Waals surface area contributed by atoms with Gasteiger partial charge in [0.1, 0.15) is 0 Å². The van der Waals surface area contributed by atoms with Crippen LogP contribution in [0.5, 0.6) is 0 Å². The summed E-state index contributed by atoms with van der Waals surface area (Å²) in [5, 5.41) is 11.4. The molecule has 1 saturated heterocycles. The molecule has 1 aromatic heterocycles. The van der Waals surface area contributed by atoms with Gasteiger partial charge in [-0.15, -0.1) is 5.10 Å². The Morgan fingerprint density at radius 1 is 1.58 bits per heavy atom. The van der Waals surface area contributed by atoms with Gasteiger partial charge in [-0.1, -0.05) is 19.1 Å². The van der Waals surface area contributed by atoms with Crippen LogP contribution in [0, 0.1) is 0 Å². The molecule has 0 bridgehead atoms. The standard InChI is InChI=1S/C8H14N4/c1-6(2)8-5-12(11-10-8)7-3-9-4-7/h5-7,9H,3-4H2,1-2H3. The van der Waals surface area contributed by atoms with E-state index in [4.69, 9.17) is 0 Å². The third kappa shape index (κ3) is 1.22. The van der Waals surface area contributed by atoms with Crippen molar-refractivity contribution >= 4 is 0 Å². The van der Waals surface area contributed by atoms with Crippen molar-refractivity contribution in [3.63, 3.8) is 0 Å². The first kappa shape index (κ1) is 7.73. The van der Waals surface area contributed by atoms with Crippen LogP contribution in [0.3, 0.4) is 0 Å². The lowest BCUT2D eigenvalue weighted by Gasteiger charge is -2.26. The lowest BCUT2D eigenvalue weighted by molar-refractivity contribution is 0.312. The molecular formula is C8H14N4. The molecule has 2 rings (SSSR count). The predicted molar refractivity (Wildman–Crippen MR) is 46.0 cm³/mol. The number of hydrogen-bond donors (Lipinski definition) is 1. The first-order chi connectivity index (χ1) is 5.77. The Kier molecular flexibility index (Phi) is 1.84. The maximum absolute atomic E-state index is 4.10. The van der Waals surface area contributed by atoms with Crippen LogP contribution < -0.4 is 5.32 Å². The Morgan fingerprint density at radius 2 is 2.33 bits per heavy atom. The van der Waals surface area contributed by atoms with Crippen molar-refractivity contribution < 1.29 is 0 Å². The van der Waals surface area contributed by atoms with Gasteiger partial charge in [0.15, 0.2) is 0 Å². The summed E-state index contributed by atoms with van der Waals surface area (Å²) >= 11 is 0. The van der Waals surface area contributed by atoms with Crippen molar-refractivity contribution in [3.05, 3.63) is 11.9 Å². The Hall–Kier alpha value is -0.900. The number of aromatic nitrogens is 3. The molecule has 0 amide bonds. The van der Waals surface area contributed by atoms with E-state index >= 15 is 0 Å².